The molecule has 0 unspecified atom stereocenters. The highest BCUT2D eigenvalue weighted by Gasteiger charge is 2.17. The Kier molecular flexibility index (Phi) is 5.66. The van der Waals surface area contributed by atoms with Crippen molar-refractivity contribution in [2.24, 2.45) is 0 Å². The first-order chi connectivity index (χ1) is 15.0. The van der Waals surface area contributed by atoms with Crippen LogP contribution in [0.25, 0.3) is 34.2 Å². The van der Waals surface area contributed by atoms with E-state index in [-0.39, 0.29) is 5.91 Å². The van der Waals surface area contributed by atoms with E-state index in [0.717, 1.165) is 16.7 Å². The molecule has 156 valence electrons. The molecule has 4 aromatic rings. The lowest BCUT2D eigenvalue weighted by Crippen LogP contribution is -2.32. The average molecular weight is 415 g/mol. The maximum absolute atomic E-state index is 12.2. The summed E-state index contributed by atoms with van der Waals surface area (Å²) in [5.74, 6) is -0.414. The van der Waals surface area contributed by atoms with E-state index in [2.05, 4.69) is 10.4 Å². The molecule has 1 atom stereocenters. The van der Waals surface area contributed by atoms with E-state index in [1.807, 2.05) is 66.9 Å². The number of carbonyl (C=O) groups excluding carboxylic acids is 2. The Morgan fingerprint density at radius 2 is 1.87 bits per heavy atom. The third kappa shape index (κ3) is 4.40. The number of likely N-dealkylation sites (N-methyl/N-ethyl adjacent to an activating group) is 1. The zero-order valence-electron chi connectivity index (χ0n) is 17.1. The molecule has 0 saturated carbocycles. The molecule has 0 fully saturated rings. The van der Waals surface area contributed by atoms with Crippen LogP contribution in [0.5, 0.6) is 0 Å². The second-order valence-corrected chi connectivity index (χ2v) is 6.89. The molecule has 1 N–H and O–H groups in total. The molecule has 4 rings (SSSR count). The first-order valence-electron chi connectivity index (χ1n) is 9.79. The summed E-state index contributed by atoms with van der Waals surface area (Å²) in [7, 11) is 1.49. The second kappa shape index (κ2) is 8.71. The van der Waals surface area contributed by atoms with Gasteiger partial charge in [0, 0.05) is 30.3 Å². The lowest BCUT2D eigenvalue weighted by atomic mass is 10.2. The van der Waals surface area contributed by atoms with E-state index in [1.54, 1.807) is 10.8 Å². The van der Waals surface area contributed by atoms with Crippen molar-refractivity contribution >= 4 is 28.9 Å². The van der Waals surface area contributed by atoms with Crippen LogP contribution in [0.1, 0.15) is 12.5 Å². The molecule has 0 aliphatic carbocycles. The van der Waals surface area contributed by atoms with Gasteiger partial charge in [-0.2, -0.15) is 5.10 Å². The van der Waals surface area contributed by atoms with Gasteiger partial charge in [-0.15, -0.1) is 0 Å². The molecular formula is C24H21N3O4. The highest BCUT2D eigenvalue weighted by atomic mass is 16.5. The number of hydrogen-bond acceptors (Lipinski definition) is 5. The summed E-state index contributed by atoms with van der Waals surface area (Å²) in [6.45, 7) is 1.51. The van der Waals surface area contributed by atoms with Crippen LogP contribution in [0.4, 0.5) is 0 Å². The zero-order chi connectivity index (χ0) is 21.8. The van der Waals surface area contributed by atoms with Crippen molar-refractivity contribution in [2.45, 2.75) is 13.0 Å². The standard InChI is InChI=1S/C24H21N3O4/c1-16(24(29)25-2)30-22(28)13-12-18-15-27(19-9-4-3-5-10-19)26-23(18)21-14-17-8-6-7-11-20(17)31-21/h3-16H,1-2H3,(H,25,29)/b13-12+/t16-/m0/s1. The zero-order valence-corrected chi connectivity index (χ0v) is 17.1. The smallest absolute Gasteiger partial charge is 0.331 e. The highest BCUT2D eigenvalue weighted by Crippen LogP contribution is 2.30. The SMILES string of the molecule is CNC(=O)[C@H](C)OC(=O)/C=C/c1cn(-c2ccccc2)nc1-c1cc2ccccc2o1. The Hall–Kier alpha value is -4.13. The van der Waals surface area contributed by atoms with Crippen LogP contribution < -0.4 is 5.32 Å². The Morgan fingerprint density at radius 3 is 2.61 bits per heavy atom. The Balaban J connectivity index is 1.69. The number of nitrogens with one attached hydrogen (secondary N) is 1. The molecule has 7 heteroatoms. The van der Waals surface area contributed by atoms with Crippen LogP contribution in [-0.2, 0) is 14.3 Å². The molecule has 2 aromatic carbocycles. The van der Waals surface area contributed by atoms with E-state index < -0.39 is 12.1 Å². The predicted octanol–water partition coefficient (Wildman–Crippen LogP) is 3.98. The summed E-state index contributed by atoms with van der Waals surface area (Å²) in [5.41, 5.74) is 2.88. The maximum atomic E-state index is 12.2. The first-order valence-corrected chi connectivity index (χ1v) is 9.79. The topological polar surface area (TPSA) is 86.4 Å². The van der Waals surface area contributed by atoms with Crippen molar-refractivity contribution < 1.29 is 18.7 Å². The number of para-hydroxylation sites is 2. The van der Waals surface area contributed by atoms with Gasteiger partial charge >= 0.3 is 5.97 Å². The Labute approximate surface area is 178 Å². The number of carbonyl (C=O) groups is 2. The van der Waals surface area contributed by atoms with E-state index in [1.165, 1.54) is 20.0 Å². The fourth-order valence-electron chi connectivity index (χ4n) is 3.14. The Morgan fingerprint density at radius 1 is 1.13 bits per heavy atom. The van der Waals surface area contributed by atoms with Crippen LogP contribution in [-0.4, -0.2) is 34.8 Å². The molecule has 7 nitrogen and oxygen atoms in total. The summed E-state index contributed by atoms with van der Waals surface area (Å²) in [5, 5.41) is 8.08. The predicted molar refractivity (Wildman–Crippen MR) is 117 cm³/mol. The molecule has 0 aliphatic heterocycles. The molecular weight excluding hydrogens is 394 g/mol. The van der Waals surface area contributed by atoms with Crippen molar-refractivity contribution in [2.75, 3.05) is 7.05 Å². The highest BCUT2D eigenvalue weighted by molar-refractivity contribution is 5.91. The minimum atomic E-state index is -0.885. The summed E-state index contributed by atoms with van der Waals surface area (Å²) in [6, 6.07) is 19.2. The van der Waals surface area contributed by atoms with Gasteiger partial charge in [-0.3, -0.25) is 4.79 Å². The van der Waals surface area contributed by atoms with Crippen molar-refractivity contribution in [1.82, 2.24) is 15.1 Å². The number of fused-ring (bicyclic) bond motifs is 1. The van der Waals surface area contributed by atoms with Gasteiger partial charge in [-0.25, -0.2) is 9.48 Å². The van der Waals surface area contributed by atoms with Crippen molar-refractivity contribution in [3.8, 4) is 17.1 Å². The molecule has 0 spiro atoms. The first kappa shape index (κ1) is 20.2. The number of furan rings is 1. The number of rotatable bonds is 6. The molecule has 0 aliphatic rings. The van der Waals surface area contributed by atoms with E-state index in [4.69, 9.17) is 9.15 Å². The molecule has 0 saturated heterocycles. The monoisotopic (exact) mass is 415 g/mol. The minimum Gasteiger partial charge on any atom is -0.454 e. The van der Waals surface area contributed by atoms with Gasteiger partial charge in [-0.05, 0) is 37.3 Å². The van der Waals surface area contributed by atoms with Crippen LogP contribution >= 0.6 is 0 Å². The summed E-state index contributed by atoms with van der Waals surface area (Å²) in [6.07, 6.45) is 3.80. The molecule has 2 heterocycles. The number of benzene rings is 2. The van der Waals surface area contributed by atoms with E-state index in [9.17, 15) is 9.59 Å². The van der Waals surface area contributed by atoms with Crippen LogP contribution in [0.3, 0.4) is 0 Å². The number of ether oxygens (including phenoxy) is 1. The fourth-order valence-corrected chi connectivity index (χ4v) is 3.14. The average Bonchev–Trinajstić information content (AvgIpc) is 3.41. The van der Waals surface area contributed by atoms with Crippen LogP contribution in [0.15, 0.2) is 77.4 Å². The van der Waals surface area contributed by atoms with Gasteiger partial charge in [0.15, 0.2) is 11.9 Å². The lowest BCUT2D eigenvalue weighted by molar-refractivity contribution is -0.149. The molecule has 0 bridgehead atoms. The number of amides is 1. The lowest BCUT2D eigenvalue weighted by Gasteiger charge is -2.09. The van der Waals surface area contributed by atoms with E-state index in [0.29, 0.717) is 17.0 Å². The number of aromatic nitrogens is 2. The minimum absolute atomic E-state index is 0.374. The van der Waals surface area contributed by atoms with Crippen LogP contribution in [0, 0.1) is 0 Å². The molecule has 2 aromatic heterocycles. The third-order valence-electron chi connectivity index (χ3n) is 4.73. The van der Waals surface area contributed by atoms with Crippen molar-refractivity contribution in [3.63, 3.8) is 0 Å². The van der Waals surface area contributed by atoms with Gasteiger partial charge in [-0.1, -0.05) is 36.4 Å². The molecule has 1 amide bonds. The molecule has 31 heavy (non-hydrogen) atoms. The number of esters is 1. The van der Waals surface area contributed by atoms with Gasteiger partial charge in [0.25, 0.3) is 5.91 Å². The van der Waals surface area contributed by atoms with Gasteiger partial charge < -0.3 is 14.5 Å². The maximum Gasteiger partial charge on any atom is 0.331 e. The normalized spacial score (nSPS) is 12.2. The molecule has 0 radical (unpaired) electrons. The number of nitrogens with zero attached hydrogens (tertiary/aromatic N) is 2. The largest absolute Gasteiger partial charge is 0.454 e. The third-order valence-corrected chi connectivity index (χ3v) is 4.73. The van der Waals surface area contributed by atoms with Crippen molar-refractivity contribution in [1.29, 1.82) is 0 Å². The fraction of sp³-hybridized carbons (Fsp3) is 0.125. The number of hydrogen-bond donors (Lipinski definition) is 1. The second-order valence-electron chi connectivity index (χ2n) is 6.89. The van der Waals surface area contributed by atoms with Crippen molar-refractivity contribution in [3.05, 3.63) is 78.5 Å². The van der Waals surface area contributed by atoms with Gasteiger partial charge in [0.1, 0.15) is 11.3 Å². The quantitative estimate of drug-likeness (QED) is 0.380. The summed E-state index contributed by atoms with van der Waals surface area (Å²) >= 11 is 0. The van der Waals surface area contributed by atoms with Gasteiger partial charge in [0.2, 0.25) is 0 Å². The van der Waals surface area contributed by atoms with E-state index >= 15 is 0 Å². The summed E-state index contributed by atoms with van der Waals surface area (Å²) in [4.78, 5) is 23.7. The van der Waals surface area contributed by atoms with Gasteiger partial charge in [0.05, 0.1) is 5.69 Å². The van der Waals surface area contributed by atoms with Crippen LogP contribution in [0.2, 0.25) is 0 Å². The Bertz CT molecular complexity index is 1220. The summed E-state index contributed by atoms with van der Waals surface area (Å²) < 4.78 is 12.8.